The van der Waals surface area contributed by atoms with Gasteiger partial charge in [0.2, 0.25) is 0 Å². The SMILES string of the molecule is COCCCCNC(=O)NCCOC. The van der Waals surface area contributed by atoms with Crippen molar-refractivity contribution in [3.8, 4) is 0 Å². The highest BCUT2D eigenvalue weighted by Gasteiger charge is 1.97. The zero-order valence-corrected chi connectivity index (χ0v) is 8.97. The average molecular weight is 204 g/mol. The van der Waals surface area contributed by atoms with E-state index in [1.165, 1.54) is 0 Å². The largest absolute Gasteiger partial charge is 0.385 e. The van der Waals surface area contributed by atoms with E-state index in [0.717, 1.165) is 19.4 Å². The number of hydrogen-bond donors (Lipinski definition) is 2. The molecule has 5 heteroatoms. The Kier molecular flexibility index (Phi) is 9.68. The summed E-state index contributed by atoms with van der Waals surface area (Å²) in [6.45, 7) is 2.51. The Hall–Kier alpha value is -0.810. The molecule has 0 aliphatic heterocycles. The summed E-state index contributed by atoms with van der Waals surface area (Å²) in [5, 5.41) is 5.41. The third-order valence-electron chi connectivity index (χ3n) is 1.65. The molecule has 0 saturated heterocycles. The van der Waals surface area contributed by atoms with Crippen molar-refractivity contribution in [2.24, 2.45) is 0 Å². The number of urea groups is 1. The zero-order chi connectivity index (χ0) is 10.6. The molecular weight excluding hydrogens is 184 g/mol. The Bertz CT molecular complexity index is 142. The van der Waals surface area contributed by atoms with E-state index in [4.69, 9.17) is 9.47 Å². The highest BCUT2D eigenvalue weighted by Crippen LogP contribution is 1.86. The lowest BCUT2D eigenvalue weighted by Crippen LogP contribution is -2.37. The molecule has 84 valence electrons. The van der Waals surface area contributed by atoms with Gasteiger partial charge in [-0.15, -0.1) is 0 Å². The number of unbranched alkanes of at least 4 members (excludes halogenated alkanes) is 1. The van der Waals surface area contributed by atoms with Gasteiger partial charge in [-0.1, -0.05) is 0 Å². The zero-order valence-electron chi connectivity index (χ0n) is 8.97. The predicted octanol–water partition coefficient (Wildman–Crippen LogP) is 0.359. The number of methoxy groups -OCH3 is 2. The van der Waals surface area contributed by atoms with Crippen LogP contribution in [0.5, 0.6) is 0 Å². The molecule has 2 amide bonds. The fourth-order valence-electron chi connectivity index (χ4n) is 0.902. The Morgan fingerprint density at radius 3 is 2.29 bits per heavy atom. The lowest BCUT2D eigenvalue weighted by Gasteiger charge is -2.06. The Morgan fingerprint density at radius 2 is 1.64 bits per heavy atom. The van der Waals surface area contributed by atoms with Crippen molar-refractivity contribution in [2.75, 3.05) is 40.5 Å². The van der Waals surface area contributed by atoms with Crippen LogP contribution in [-0.2, 0) is 9.47 Å². The van der Waals surface area contributed by atoms with E-state index in [-0.39, 0.29) is 6.03 Å². The molecule has 0 aromatic carbocycles. The highest BCUT2D eigenvalue weighted by molar-refractivity contribution is 5.73. The second kappa shape index (κ2) is 10.3. The summed E-state index contributed by atoms with van der Waals surface area (Å²) in [6, 6.07) is -0.139. The van der Waals surface area contributed by atoms with Crippen LogP contribution in [-0.4, -0.2) is 46.6 Å². The molecule has 0 aromatic rings. The Morgan fingerprint density at radius 1 is 1.00 bits per heavy atom. The molecule has 0 spiro atoms. The van der Waals surface area contributed by atoms with E-state index in [2.05, 4.69) is 10.6 Å². The smallest absolute Gasteiger partial charge is 0.314 e. The van der Waals surface area contributed by atoms with Gasteiger partial charge in [-0.25, -0.2) is 4.79 Å². The normalized spacial score (nSPS) is 9.86. The number of carbonyl (C=O) groups excluding carboxylic acids is 1. The predicted molar refractivity (Wildman–Crippen MR) is 54.4 cm³/mol. The van der Waals surface area contributed by atoms with Crippen molar-refractivity contribution in [3.63, 3.8) is 0 Å². The maximum absolute atomic E-state index is 11.0. The fraction of sp³-hybridized carbons (Fsp3) is 0.889. The Balaban J connectivity index is 3.10. The maximum atomic E-state index is 11.0. The summed E-state index contributed by atoms with van der Waals surface area (Å²) in [5.41, 5.74) is 0. The minimum Gasteiger partial charge on any atom is -0.385 e. The second-order valence-electron chi connectivity index (χ2n) is 2.88. The summed E-state index contributed by atoms with van der Waals surface area (Å²) < 4.78 is 9.67. The van der Waals surface area contributed by atoms with Crippen molar-refractivity contribution in [1.29, 1.82) is 0 Å². The third kappa shape index (κ3) is 9.28. The molecule has 0 saturated carbocycles. The first-order chi connectivity index (χ1) is 6.81. The van der Waals surface area contributed by atoms with Gasteiger partial charge < -0.3 is 20.1 Å². The number of carbonyl (C=O) groups is 1. The summed E-state index contributed by atoms with van der Waals surface area (Å²) in [6.07, 6.45) is 1.90. The molecule has 0 fully saturated rings. The van der Waals surface area contributed by atoms with Crippen molar-refractivity contribution in [3.05, 3.63) is 0 Å². The quantitative estimate of drug-likeness (QED) is 0.561. The molecule has 0 rings (SSSR count). The summed E-state index contributed by atoms with van der Waals surface area (Å²) in [4.78, 5) is 11.0. The third-order valence-corrected chi connectivity index (χ3v) is 1.65. The van der Waals surface area contributed by atoms with Gasteiger partial charge in [0, 0.05) is 33.9 Å². The van der Waals surface area contributed by atoms with Gasteiger partial charge in [0.15, 0.2) is 0 Å². The molecule has 0 atom stereocenters. The lowest BCUT2D eigenvalue weighted by molar-refractivity contribution is 0.191. The van der Waals surface area contributed by atoms with Gasteiger partial charge >= 0.3 is 6.03 Å². The average Bonchev–Trinajstić information content (AvgIpc) is 2.18. The van der Waals surface area contributed by atoms with Gasteiger partial charge in [-0.2, -0.15) is 0 Å². The second-order valence-corrected chi connectivity index (χ2v) is 2.88. The van der Waals surface area contributed by atoms with Crippen molar-refractivity contribution in [2.45, 2.75) is 12.8 Å². The molecule has 0 aliphatic carbocycles. The molecule has 0 unspecified atom stereocenters. The van der Waals surface area contributed by atoms with Crippen LogP contribution < -0.4 is 10.6 Å². The molecule has 2 N–H and O–H groups in total. The number of amides is 2. The first-order valence-corrected chi connectivity index (χ1v) is 4.81. The highest BCUT2D eigenvalue weighted by atomic mass is 16.5. The van der Waals surface area contributed by atoms with Gasteiger partial charge in [0.1, 0.15) is 0 Å². The molecule has 0 aromatic heterocycles. The van der Waals surface area contributed by atoms with E-state index in [1.807, 2.05) is 0 Å². The Labute approximate surface area is 85.1 Å². The first kappa shape index (κ1) is 13.2. The van der Waals surface area contributed by atoms with Crippen LogP contribution in [0.25, 0.3) is 0 Å². The van der Waals surface area contributed by atoms with E-state index >= 15 is 0 Å². The van der Waals surface area contributed by atoms with Crippen molar-refractivity contribution >= 4 is 6.03 Å². The van der Waals surface area contributed by atoms with E-state index in [0.29, 0.717) is 19.7 Å². The van der Waals surface area contributed by atoms with Crippen molar-refractivity contribution < 1.29 is 14.3 Å². The summed E-state index contributed by atoms with van der Waals surface area (Å²) in [7, 11) is 3.27. The van der Waals surface area contributed by atoms with Crippen LogP contribution in [0.15, 0.2) is 0 Å². The van der Waals surface area contributed by atoms with Crippen LogP contribution in [0.4, 0.5) is 4.79 Å². The monoisotopic (exact) mass is 204 g/mol. The van der Waals surface area contributed by atoms with Crippen LogP contribution >= 0.6 is 0 Å². The lowest BCUT2D eigenvalue weighted by atomic mass is 10.3. The topological polar surface area (TPSA) is 59.6 Å². The molecule has 0 radical (unpaired) electrons. The van der Waals surface area contributed by atoms with E-state index in [1.54, 1.807) is 14.2 Å². The molecule has 0 aliphatic rings. The molecule has 5 nitrogen and oxygen atoms in total. The van der Waals surface area contributed by atoms with E-state index < -0.39 is 0 Å². The standard InChI is InChI=1S/C9H20N2O3/c1-13-7-4-3-5-10-9(12)11-6-8-14-2/h3-8H2,1-2H3,(H2,10,11,12). The molecular formula is C9H20N2O3. The fourth-order valence-corrected chi connectivity index (χ4v) is 0.902. The first-order valence-electron chi connectivity index (χ1n) is 4.81. The van der Waals surface area contributed by atoms with Crippen LogP contribution in [0.2, 0.25) is 0 Å². The van der Waals surface area contributed by atoms with Crippen LogP contribution in [0.3, 0.4) is 0 Å². The minimum atomic E-state index is -0.139. The maximum Gasteiger partial charge on any atom is 0.314 e. The molecule has 0 heterocycles. The molecule has 0 bridgehead atoms. The number of ether oxygens (including phenoxy) is 2. The summed E-state index contributed by atoms with van der Waals surface area (Å²) >= 11 is 0. The van der Waals surface area contributed by atoms with Gasteiger partial charge in [-0.05, 0) is 12.8 Å². The van der Waals surface area contributed by atoms with Crippen molar-refractivity contribution in [1.82, 2.24) is 10.6 Å². The minimum absolute atomic E-state index is 0.139. The number of hydrogen-bond acceptors (Lipinski definition) is 3. The van der Waals surface area contributed by atoms with E-state index in [9.17, 15) is 4.79 Å². The number of rotatable bonds is 8. The summed E-state index contributed by atoms with van der Waals surface area (Å²) in [5.74, 6) is 0. The number of nitrogens with one attached hydrogen (secondary N) is 2. The van der Waals surface area contributed by atoms with Crippen LogP contribution in [0, 0.1) is 0 Å². The van der Waals surface area contributed by atoms with Gasteiger partial charge in [0.25, 0.3) is 0 Å². The van der Waals surface area contributed by atoms with Crippen LogP contribution in [0.1, 0.15) is 12.8 Å². The van der Waals surface area contributed by atoms with Gasteiger partial charge in [-0.3, -0.25) is 0 Å². The molecule has 14 heavy (non-hydrogen) atoms. The van der Waals surface area contributed by atoms with Gasteiger partial charge in [0.05, 0.1) is 6.61 Å².